The van der Waals surface area contributed by atoms with Crippen LogP contribution >= 0.6 is 0 Å². The Morgan fingerprint density at radius 1 is 0.615 bits per heavy atom. The Bertz CT molecular complexity index is 154. The van der Waals surface area contributed by atoms with Gasteiger partial charge in [0, 0.05) is 18.3 Å². The first-order valence-corrected chi connectivity index (χ1v) is 5.36. The van der Waals surface area contributed by atoms with Gasteiger partial charge >= 0.3 is 7.32 Å². The van der Waals surface area contributed by atoms with E-state index in [1.54, 1.807) is 0 Å². The molecular formula is C9H15BO3. The molecule has 0 bridgehead atoms. The largest absolute Gasteiger partial charge is 0.640 e. The fraction of sp³-hybridized carbons (Fsp3) is 1.00. The van der Waals surface area contributed by atoms with E-state index in [4.69, 9.17) is 14.0 Å². The Labute approximate surface area is 78.9 Å². The average molecular weight is 182 g/mol. The topological polar surface area (TPSA) is 27.7 Å². The minimum absolute atomic E-state index is 0.354. The van der Waals surface area contributed by atoms with Crippen molar-refractivity contribution in [2.45, 2.75) is 56.8 Å². The van der Waals surface area contributed by atoms with Crippen LogP contribution in [0.2, 0.25) is 0 Å². The van der Waals surface area contributed by atoms with Crippen LogP contribution in [0.1, 0.15) is 38.5 Å². The molecule has 0 atom stereocenters. The molecule has 3 rings (SSSR count). The van der Waals surface area contributed by atoms with E-state index in [0.717, 1.165) is 0 Å². The third-order valence-corrected chi connectivity index (χ3v) is 2.48. The molecule has 0 aromatic rings. The molecule has 0 aromatic heterocycles. The lowest BCUT2D eigenvalue weighted by atomic mass is 10.2. The van der Waals surface area contributed by atoms with Gasteiger partial charge in [0.1, 0.15) is 0 Å². The van der Waals surface area contributed by atoms with Crippen molar-refractivity contribution in [1.82, 2.24) is 0 Å². The summed E-state index contributed by atoms with van der Waals surface area (Å²) < 4.78 is 16.9. The molecule has 0 aliphatic heterocycles. The van der Waals surface area contributed by atoms with Crippen LogP contribution in [0.15, 0.2) is 0 Å². The van der Waals surface area contributed by atoms with Crippen LogP contribution in [0.5, 0.6) is 0 Å². The van der Waals surface area contributed by atoms with Crippen molar-refractivity contribution < 1.29 is 14.0 Å². The van der Waals surface area contributed by atoms with Crippen molar-refractivity contribution in [2.24, 2.45) is 0 Å². The molecule has 3 saturated carbocycles. The molecule has 3 aliphatic carbocycles. The molecule has 3 aliphatic rings. The summed E-state index contributed by atoms with van der Waals surface area (Å²) in [6.45, 7) is 0. The van der Waals surface area contributed by atoms with E-state index in [0.29, 0.717) is 18.3 Å². The Balaban J connectivity index is 1.45. The third-order valence-electron chi connectivity index (χ3n) is 2.48. The van der Waals surface area contributed by atoms with Crippen LogP contribution in [0.25, 0.3) is 0 Å². The first kappa shape index (κ1) is 8.27. The van der Waals surface area contributed by atoms with Crippen molar-refractivity contribution >= 4 is 7.32 Å². The molecule has 72 valence electrons. The van der Waals surface area contributed by atoms with Gasteiger partial charge in [0.2, 0.25) is 0 Å². The second kappa shape index (κ2) is 3.26. The predicted octanol–water partition coefficient (Wildman–Crippen LogP) is 1.51. The fourth-order valence-corrected chi connectivity index (χ4v) is 1.18. The summed E-state index contributed by atoms with van der Waals surface area (Å²) in [7, 11) is -0.354. The van der Waals surface area contributed by atoms with E-state index < -0.39 is 0 Å². The van der Waals surface area contributed by atoms with Gasteiger partial charge in [-0.3, -0.25) is 0 Å². The fourth-order valence-electron chi connectivity index (χ4n) is 1.18. The minimum atomic E-state index is -0.354. The van der Waals surface area contributed by atoms with Gasteiger partial charge in [-0.25, -0.2) is 0 Å². The Hall–Kier alpha value is -0.0551. The highest BCUT2D eigenvalue weighted by molar-refractivity contribution is 6.36. The van der Waals surface area contributed by atoms with Crippen molar-refractivity contribution in [3.05, 3.63) is 0 Å². The number of rotatable bonds is 6. The van der Waals surface area contributed by atoms with Crippen molar-refractivity contribution in [3.63, 3.8) is 0 Å². The molecule has 0 aromatic carbocycles. The number of hydrogen-bond donors (Lipinski definition) is 0. The van der Waals surface area contributed by atoms with E-state index in [1.165, 1.54) is 38.5 Å². The van der Waals surface area contributed by atoms with Crippen LogP contribution in [-0.4, -0.2) is 25.6 Å². The molecule has 0 N–H and O–H groups in total. The SMILES string of the molecule is C1CC1OB(OC1CC1)OC1CC1. The van der Waals surface area contributed by atoms with Gasteiger partial charge < -0.3 is 14.0 Å². The maximum Gasteiger partial charge on any atom is 0.640 e. The van der Waals surface area contributed by atoms with Crippen LogP contribution in [-0.2, 0) is 14.0 Å². The second-order valence-electron chi connectivity index (χ2n) is 4.29. The van der Waals surface area contributed by atoms with Gasteiger partial charge in [-0.15, -0.1) is 0 Å². The van der Waals surface area contributed by atoms with Gasteiger partial charge in [-0.2, -0.15) is 0 Å². The summed E-state index contributed by atoms with van der Waals surface area (Å²) in [5.41, 5.74) is 0. The summed E-state index contributed by atoms with van der Waals surface area (Å²) in [5.74, 6) is 0. The van der Waals surface area contributed by atoms with Crippen LogP contribution in [0.4, 0.5) is 0 Å². The highest BCUT2D eigenvalue weighted by Gasteiger charge is 2.40. The standard InChI is InChI=1S/C9H15BO3/c1-2-7(1)11-10(12-8-3-4-8)13-9-5-6-9/h7-9H,1-6H2. The van der Waals surface area contributed by atoms with Crippen molar-refractivity contribution in [3.8, 4) is 0 Å². The maximum atomic E-state index is 5.62. The summed E-state index contributed by atoms with van der Waals surface area (Å²) in [6.07, 6.45) is 8.33. The summed E-state index contributed by atoms with van der Waals surface area (Å²) in [4.78, 5) is 0. The summed E-state index contributed by atoms with van der Waals surface area (Å²) in [6, 6.07) is 0. The first-order chi connectivity index (χ1) is 6.40. The molecule has 0 radical (unpaired) electrons. The maximum absolute atomic E-state index is 5.62. The predicted molar refractivity (Wildman–Crippen MR) is 48.1 cm³/mol. The van der Waals surface area contributed by atoms with E-state index in [2.05, 4.69) is 0 Å². The summed E-state index contributed by atoms with van der Waals surface area (Å²) >= 11 is 0. The average Bonchev–Trinajstić information content (AvgIpc) is 2.94. The number of hydrogen-bond acceptors (Lipinski definition) is 3. The molecule has 4 heteroatoms. The zero-order valence-corrected chi connectivity index (χ0v) is 7.78. The Morgan fingerprint density at radius 3 is 1.15 bits per heavy atom. The van der Waals surface area contributed by atoms with Crippen LogP contribution in [0, 0.1) is 0 Å². The highest BCUT2D eigenvalue weighted by atomic mass is 16.7. The highest BCUT2D eigenvalue weighted by Crippen LogP contribution is 2.32. The van der Waals surface area contributed by atoms with Gasteiger partial charge in [-0.05, 0) is 38.5 Å². The molecule has 13 heavy (non-hydrogen) atoms. The molecule has 3 nitrogen and oxygen atoms in total. The lowest BCUT2D eigenvalue weighted by Crippen LogP contribution is -2.30. The molecular weight excluding hydrogens is 167 g/mol. The summed E-state index contributed by atoms with van der Waals surface area (Å²) in [5, 5.41) is 0. The van der Waals surface area contributed by atoms with E-state index in [1.807, 2.05) is 0 Å². The minimum Gasteiger partial charge on any atom is -0.383 e. The molecule has 0 saturated heterocycles. The lowest BCUT2D eigenvalue weighted by molar-refractivity contribution is 0.0759. The lowest BCUT2D eigenvalue weighted by Gasteiger charge is -2.12. The third kappa shape index (κ3) is 2.69. The normalized spacial score (nSPS) is 27.7. The zero-order chi connectivity index (χ0) is 8.67. The Kier molecular flexibility index (Phi) is 2.07. The monoisotopic (exact) mass is 182 g/mol. The second-order valence-corrected chi connectivity index (χ2v) is 4.29. The zero-order valence-electron chi connectivity index (χ0n) is 7.78. The molecule has 3 fully saturated rings. The van der Waals surface area contributed by atoms with E-state index in [-0.39, 0.29) is 7.32 Å². The van der Waals surface area contributed by atoms with Gasteiger partial charge in [-0.1, -0.05) is 0 Å². The van der Waals surface area contributed by atoms with Gasteiger partial charge in [0.05, 0.1) is 0 Å². The molecule has 0 unspecified atom stereocenters. The van der Waals surface area contributed by atoms with Crippen LogP contribution < -0.4 is 0 Å². The molecule has 0 amide bonds. The van der Waals surface area contributed by atoms with Crippen molar-refractivity contribution in [2.75, 3.05) is 0 Å². The van der Waals surface area contributed by atoms with Gasteiger partial charge in [0.25, 0.3) is 0 Å². The van der Waals surface area contributed by atoms with E-state index >= 15 is 0 Å². The molecule has 0 spiro atoms. The molecule has 0 heterocycles. The van der Waals surface area contributed by atoms with Crippen LogP contribution in [0.3, 0.4) is 0 Å². The quantitative estimate of drug-likeness (QED) is 0.582. The smallest absolute Gasteiger partial charge is 0.383 e. The van der Waals surface area contributed by atoms with Crippen molar-refractivity contribution in [1.29, 1.82) is 0 Å². The Morgan fingerprint density at radius 2 is 0.923 bits per heavy atom. The first-order valence-electron chi connectivity index (χ1n) is 5.36. The van der Waals surface area contributed by atoms with E-state index in [9.17, 15) is 0 Å². The van der Waals surface area contributed by atoms with Gasteiger partial charge in [0.15, 0.2) is 0 Å².